The predicted octanol–water partition coefficient (Wildman–Crippen LogP) is 0.554. The number of nitrogens with zero attached hydrogens (tertiary/aromatic N) is 1. The van der Waals surface area contributed by atoms with Gasteiger partial charge in [-0.05, 0) is 25.0 Å². The molecule has 0 fully saturated rings. The van der Waals surface area contributed by atoms with Crippen molar-refractivity contribution in [2.75, 3.05) is 25.4 Å². The summed E-state index contributed by atoms with van der Waals surface area (Å²) in [6, 6.07) is 8.16. The monoisotopic (exact) mass is 337 g/mol. The SMILES string of the molecule is CCNC(=NCCS(N)(=O)=O)NCCc1c[nH]c2ccccc12. The van der Waals surface area contributed by atoms with Crippen molar-refractivity contribution in [2.45, 2.75) is 13.3 Å². The van der Waals surface area contributed by atoms with Gasteiger partial charge in [0.25, 0.3) is 0 Å². The Kier molecular flexibility index (Phi) is 6.00. The van der Waals surface area contributed by atoms with Crippen LogP contribution in [0.3, 0.4) is 0 Å². The molecule has 1 heterocycles. The summed E-state index contributed by atoms with van der Waals surface area (Å²) in [5.74, 6) is 0.433. The fourth-order valence-electron chi connectivity index (χ4n) is 2.28. The summed E-state index contributed by atoms with van der Waals surface area (Å²) in [5, 5.41) is 12.5. The normalized spacial score (nSPS) is 12.5. The van der Waals surface area contributed by atoms with Crippen molar-refractivity contribution in [3.05, 3.63) is 36.0 Å². The van der Waals surface area contributed by atoms with Gasteiger partial charge in [-0.3, -0.25) is 4.99 Å². The van der Waals surface area contributed by atoms with Gasteiger partial charge in [-0.1, -0.05) is 18.2 Å². The van der Waals surface area contributed by atoms with Crippen molar-refractivity contribution in [1.29, 1.82) is 0 Å². The number of para-hydroxylation sites is 1. The lowest BCUT2D eigenvalue weighted by Gasteiger charge is -2.10. The molecule has 126 valence electrons. The molecule has 0 amide bonds. The van der Waals surface area contributed by atoms with E-state index >= 15 is 0 Å². The number of nitrogens with two attached hydrogens (primary N) is 1. The predicted molar refractivity (Wildman–Crippen MR) is 94.0 cm³/mol. The van der Waals surface area contributed by atoms with E-state index < -0.39 is 10.0 Å². The molecule has 7 nitrogen and oxygen atoms in total. The fourth-order valence-corrected chi connectivity index (χ4v) is 2.63. The van der Waals surface area contributed by atoms with Crippen LogP contribution >= 0.6 is 0 Å². The minimum Gasteiger partial charge on any atom is -0.361 e. The number of nitrogens with one attached hydrogen (secondary N) is 3. The first-order chi connectivity index (χ1) is 11.0. The molecule has 0 radical (unpaired) electrons. The highest BCUT2D eigenvalue weighted by Gasteiger charge is 2.04. The number of H-pyrrole nitrogens is 1. The number of aromatic nitrogens is 1. The minimum absolute atomic E-state index is 0.140. The average molecular weight is 337 g/mol. The highest BCUT2D eigenvalue weighted by molar-refractivity contribution is 7.89. The van der Waals surface area contributed by atoms with Gasteiger partial charge in [0.1, 0.15) is 0 Å². The Labute approximate surface area is 136 Å². The van der Waals surface area contributed by atoms with Crippen molar-refractivity contribution >= 4 is 26.9 Å². The number of aromatic amines is 1. The highest BCUT2D eigenvalue weighted by Crippen LogP contribution is 2.17. The smallest absolute Gasteiger partial charge is 0.210 e. The molecule has 1 aromatic carbocycles. The van der Waals surface area contributed by atoms with Crippen molar-refractivity contribution in [3.8, 4) is 0 Å². The molecule has 0 atom stereocenters. The van der Waals surface area contributed by atoms with Crippen LogP contribution in [0, 0.1) is 0 Å². The highest BCUT2D eigenvalue weighted by atomic mass is 32.2. The van der Waals surface area contributed by atoms with Gasteiger partial charge in [0.15, 0.2) is 5.96 Å². The van der Waals surface area contributed by atoms with Crippen LogP contribution in [-0.2, 0) is 16.4 Å². The standard InChI is InChI=1S/C15H23N5O2S/c1-2-17-15(19-9-10-23(16,21)22)18-8-7-12-11-20-14-6-4-3-5-13(12)14/h3-6,11,20H,2,7-10H2,1H3,(H2,16,21,22)(H2,17,18,19). The Morgan fingerprint density at radius 1 is 1.30 bits per heavy atom. The van der Waals surface area contributed by atoms with Gasteiger partial charge in [0.2, 0.25) is 10.0 Å². The molecule has 0 saturated carbocycles. The van der Waals surface area contributed by atoms with Gasteiger partial charge in [-0.2, -0.15) is 0 Å². The Hall–Kier alpha value is -2.06. The number of hydrogen-bond donors (Lipinski definition) is 4. The van der Waals surface area contributed by atoms with E-state index in [1.54, 1.807) is 0 Å². The third-order valence-corrected chi connectivity index (χ3v) is 4.10. The molecule has 0 aliphatic carbocycles. The second kappa shape index (κ2) is 7.98. The van der Waals surface area contributed by atoms with Gasteiger partial charge >= 0.3 is 0 Å². The molecule has 0 bridgehead atoms. The van der Waals surface area contributed by atoms with Crippen LogP contribution in [0.4, 0.5) is 0 Å². The fraction of sp³-hybridized carbons (Fsp3) is 0.400. The van der Waals surface area contributed by atoms with Gasteiger partial charge in [0.05, 0.1) is 12.3 Å². The Balaban J connectivity index is 1.90. The van der Waals surface area contributed by atoms with E-state index in [4.69, 9.17) is 5.14 Å². The minimum atomic E-state index is -3.48. The molecule has 0 unspecified atom stereocenters. The van der Waals surface area contributed by atoms with E-state index in [-0.39, 0.29) is 12.3 Å². The molecule has 1 aromatic heterocycles. The molecule has 0 aliphatic rings. The first kappa shape index (κ1) is 17.3. The summed E-state index contributed by atoms with van der Waals surface area (Å²) in [6.07, 6.45) is 2.85. The van der Waals surface area contributed by atoms with E-state index in [1.807, 2.05) is 31.3 Å². The first-order valence-electron chi connectivity index (χ1n) is 7.57. The van der Waals surface area contributed by atoms with Crippen LogP contribution in [0.5, 0.6) is 0 Å². The zero-order chi connectivity index (χ0) is 16.7. The van der Waals surface area contributed by atoms with E-state index in [2.05, 4.69) is 26.7 Å². The molecule has 2 rings (SSSR count). The second-order valence-corrected chi connectivity index (χ2v) is 6.90. The Bertz CT molecular complexity index is 767. The van der Waals surface area contributed by atoms with Gasteiger partial charge in [-0.15, -0.1) is 0 Å². The van der Waals surface area contributed by atoms with E-state index in [0.29, 0.717) is 19.0 Å². The van der Waals surface area contributed by atoms with Crippen molar-refractivity contribution in [2.24, 2.45) is 10.1 Å². The summed E-state index contributed by atoms with van der Waals surface area (Å²) < 4.78 is 21.9. The number of guanidine groups is 1. The molecule has 5 N–H and O–H groups in total. The maximum absolute atomic E-state index is 10.9. The number of aliphatic imine (C=N–C) groups is 1. The van der Waals surface area contributed by atoms with Gasteiger partial charge in [0, 0.05) is 30.2 Å². The molecule has 0 aliphatic heterocycles. The Morgan fingerprint density at radius 2 is 2.09 bits per heavy atom. The van der Waals surface area contributed by atoms with Crippen LogP contribution in [0.15, 0.2) is 35.5 Å². The summed E-state index contributed by atoms with van der Waals surface area (Å²) in [4.78, 5) is 7.46. The lowest BCUT2D eigenvalue weighted by molar-refractivity contribution is 0.597. The molecular weight excluding hydrogens is 314 g/mol. The number of primary sulfonamides is 1. The number of rotatable bonds is 7. The van der Waals surface area contributed by atoms with Crippen LogP contribution < -0.4 is 15.8 Å². The third-order valence-electron chi connectivity index (χ3n) is 3.35. The summed E-state index contributed by atoms with van der Waals surface area (Å²) in [5.41, 5.74) is 2.35. The summed E-state index contributed by atoms with van der Waals surface area (Å²) in [7, 11) is -3.48. The van der Waals surface area contributed by atoms with Crippen molar-refractivity contribution in [1.82, 2.24) is 15.6 Å². The topological polar surface area (TPSA) is 112 Å². The van der Waals surface area contributed by atoms with Gasteiger partial charge < -0.3 is 15.6 Å². The molecule has 23 heavy (non-hydrogen) atoms. The van der Waals surface area contributed by atoms with Crippen molar-refractivity contribution < 1.29 is 8.42 Å². The number of sulfonamides is 1. The van der Waals surface area contributed by atoms with Crippen LogP contribution in [0.1, 0.15) is 12.5 Å². The van der Waals surface area contributed by atoms with Gasteiger partial charge in [-0.25, -0.2) is 13.6 Å². The van der Waals surface area contributed by atoms with Crippen LogP contribution in [0.25, 0.3) is 10.9 Å². The number of hydrogen-bond acceptors (Lipinski definition) is 3. The molecule has 2 aromatic rings. The second-order valence-electron chi connectivity index (χ2n) is 5.16. The largest absolute Gasteiger partial charge is 0.361 e. The molecule has 8 heteroatoms. The average Bonchev–Trinajstić information content (AvgIpc) is 2.89. The molecular formula is C15H23N5O2S. The lowest BCUT2D eigenvalue weighted by atomic mass is 10.1. The lowest BCUT2D eigenvalue weighted by Crippen LogP contribution is -2.38. The van der Waals surface area contributed by atoms with Crippen molar-refractivity contribution in [3.63, 3.8) is 0 Å². The Morgan fingerprint density at radius 3 is 2.83 bits per heavy atom. The molecule has 0 saturated heterocycles. The maximum atomic E-state index is 10.9. The molecule has 0 spiro atoms. The van der Waals surface area contributed by atoms with Crippen LogP contribution in [-0.4, -0.2) is 44.7 Å². The van der Waals surface area contributed by atoms with E-state index in [1.165, 1.54) is 10.9 Å². The summed E-state index contributed by atoms with van der Waals surface area (Å²) in [6.45, 7) is 3.50. The maximum Gasteiger partial charge on any atom is 0.210 e. The van der Waals surface area contributed by atoms with E-state index in [9.17, 15) is 8.42 Å². The van der Waals surface area contributed by atoms with Crippen LogP contribution in [0.2, 0.25) is 0 Å². The third kappa shape index (κ3) is 5.57. The summed E-state index contributed by atoms with van der Waals surface area (Å²) >= 11 is 0. The zero-order valence-electron chi connectivity index (χ0n) is 13.2. The number of benzene rings is 1. The quantitative estimate of drug-likeness (QED) is 0.437. The number of fused-ring (bicyclic) bond motifs is 1. The zero-order valence-corrected chi connectivity index (χ0v) is 14.0. The first-order valence-corrected chi connectivity index (χ1v) is 9.29. The van der Waals surface area contributed by atoms with E-state index in [0.717, 1.165) is 11.9 Å².